The van der Waals surface area contributed by atoms with Crippen LogP contribution in [-0.4, -0.2) is 68.3 Å². The van der Waals surface area contributed by atoms with Crippen LogP contribution in [0.3, 0.4) is 0 Å². The average Bonchev–Trinajstić information content (AvgIpc) is 3.81. The van der Waals surface area contributed by atoms with Crippen molar-refractivity contribution < 1.29 is 14.3 Å². The van der Waals surface area contributed by atoms with Gasteiger partial charge in [0.15, 0.2) is 0 Å². The molecule has 0 unspecified atom stereocenters. The van der Waals surface area contributed by atoms with E-state index in [2.05, 4.69) is 34.1 Å². The van der Waals surface area contributed by atoms with E-state index in [1.165, 1.54) is 0 Å². The second-order valence-electron chi connectivity index (χ2n) is 14.4. The van der Waals surface area contributed by atoms with Crippen LogP contribution in [0.2, 0.25) is 0 Å². The number of fused-ring (bicyclic) bond motifs is 1. The highest BCUT2D eigenvalue weighted by molar-refractivity contribution is 5.94. The average molecular weight is 636 g/mol. The lowest BCUT2D eigenvalue weighted by atomic mass is 9.85. The van der Waals surface area contributed by atoms with E-state index >= 15 is 0 Å². The zero-order chi connectivity index (χ0) is 32.8. The fourth-order valence-corrected chi connectivity index (χ4v) is 7.41. The number of nitrogens with zero attached hydrogens (tertiary/aromatic N) is 5. The molecule has 47 heavy (non-hydrogen) atoms. The summed E-state index contributed by atoms with van der Waals surface area (Å²) >= 11 is 0. The normalized spacial score (nSPS) is 18.4. The van der Waals surface area contributed by atoms with Gasteiger partial charge in [-0.3, -0.25) is 13.9 Å². The van der Waals surface area contributed by atoms with Crippen LogP contribution in [0.15, 0.2) is 83.7 Å². The predicted molar refractivity (Wildman–Crippen MR) is 183 cm³/mol. The zero-order valence-electron chi connectivity index (χ0n) is 27.7. The lowest BCUT2D eigenvalue weighted by Crippen LogP contribution is -2.56. The number of para-hydroxylation sites is 3. The molecule has 9 nitrogen and oxygen atoms in total. The standard InChI is InChI=1S/C38H45N5O4/c1-37(2,3)47-34(44)29-12-9-11-28(25-29)26-40-27-42(30-13-5-4-6-14-30)38(35(40)45)19-23-39(24-20-38)21-10-22-41-32-15-7-8-16-33(32)43(36(41)46)31-17-18-31/h4-9,11-16,25,31H,10,17-24,26-27H2,1-3H3. The molecule has 1 aromatic heterocycles. The Balaban J connectivity index is 1.04. The monoisotopic (exact) mass is 635 g/mol. The van der Waals surface area contributed by atoms with Crippen LogP contribution < -0.4 is 10.6 Å². The smallest absolute Gasteiger partial charge is 0.338 e. The summed E-state index contributed by atoms with van der Waals surface area (Å²) in [5.74, 6) is -0.219. The topological polar surface area (TPSA) is 80.0 Å². The lowest BCUT2D eigenvalue weighted by molar-refractivity contribution is -0.134. The minimum atomic E-state index is -0.616. The lowest BCUT2D eigenvalue weighted by Gasteiger charge is -2.43. The maximum absolute atomic E-state index is 14.3. The van der Waals surface area contributed by atoms with Crippen molar-refractivity contribution in [3.8, 4) is 0 Å². The molecule has 3 heterocycles. The highest BCUT2D eigenvalue weighted by atomic mass is 16.6. The van der Waals surface area contributed by atoms with Gasteiger partial charge in [-0.1, -0.05) is 42.5 Å². The van der Waals surface area contributed by atoms with Gasteiger partial charge in [0.05, 0.1) is 23.3 Å². The van der Waals surface area contributed by atoms with Gasteiger partial charge in [-0.25, -0.2) is 9.59 Å². The molecular weight excluding hydrogens is 590 g/mol. The molecule has 0 radical (unpaired) electrons. The van der Waals surface area contributed by atoms with Crippen LogP contribution in [0, 0.1) is 0 Å². The van der Waals surface area contributed by atoms with E-state index in [1.807, 2.05) is 83.3 Å². The molecule has 2 aliphatic heterocycles. The third-order valence-corrected chi connectivity index (χ3v) is 9.84. The van der Waals surface area contributed by atoms with Crippen LogP contribution in [-0.2, 0) is 22.6 Å². The van der Waals surface area contributed by atoms with Gasteiger partial charge in [0.25, 0.3) is 0 Å². The van der Waals surface area contributed by atoms with E-state index in [-0.39, 0.29) is 17.6 Å². The summed E-state index contributed by atoms with van der Waals surface area (Å²) in [6, 6.07) is 26.2. The van der Waals surface area contributed by atoms with Crippen molar-refractivity contribution in [3.05, 3.63) is 100 Å². The van der Waals surface area contributed by atoms with E-state index in [1.54, 1.807) is 6.07 Å². The van der Waals surface area contributed by atoms with Crippen molar-refractivity contribution in [3.63, 3.8) is 0 Å². The van der Waals surface area contributed by atoms with Gasteiger partial charge in [0.1, 0.15) is 11.1 Å². The Morgan fingerprint density at radius 2 is 1.57 bits per heavy atom. The number of aryl methyl sites for hydroxylation is 1. The Hall–Kier alpha value is -4.37. The first-order valence-corrected chi connectivity index (χ1v) is 17.0. The maximum Gasteiger partial charge on any atom is 0.338 e. The fraction of sp³-hybridized carbons (Fsp3) is 0.447. The van der Waals surface area contributed by atoms with Gasteiger partial charge in [-0.15, -0.1) is 0 Å². The van der Waals surface area contributed by atoms with E-state index in [0.29, 0.717) is 31.4 Å². The van der Waals surface area contributed by atoms with Crippen LogP contribution in [0.4, 0.5) is 5.69 Å². The molecule has 1 saturated carbocycles. The van der Waals surface area contributed by atoms with Gasteiger partial charge in [0.2, 0.25) is 5.91 Å². The van der Waals surface area contributed by atoms with Crippen molar-refractivity contribution in [1.29, 1.82) is 0 Å². The van der Waals surface area contributed by atoms with Crippen LogP contribution in [0.5, 0.6) is 0 Å². The first-order chi connectivity index (χ1) is 22.6. The molecule has 0 bridgehead atoms. The third kappa shape index (κ3) is 6.21. The van der Waals surface area contributed by atoms with Crippen molar-refractivity contribution >= 4 is 28.6 Å². The van der Waals surface area contributed by atoms with E-state index in [4.69, 9.17) is 4.74 Å². The second-order valence-corrected chi connectivity index (χ2v) is 14.4. The number of ether oxygens (including phenoxy) is 1. The first kappa shape index (κ1) is 31.2. The van der Waals surface area contributed by atoms with E-state index in [0.717, 1.165) is 74.0 Å². The number of piperidine rings is 1. The summed E-state index contributed by atoms with van der Waals surface area (Å²) < 4.78 is 9.53. The molecule has 3 fully saturated rings. The number of amides is 1. The Labute approximate surface area is 276 Å². The number of aromatic nitrogens is 2. The Kier molecular flexibility index (Phi) is 8.20. The minimum absolute atomic E-state index is 0.109. The number of imidazole rings is 1. The fourth-order valence-electron chi connectivity index (χ4n) is 7.41. The highest BCUT2D eigenvalue weighted by Crippen LogP contribution is 2.40. The zero-order valence-corrected chi connectivity index (χ0v) is 27.7. The minimum Gasteiger partial charge on any atom is -0.456 e. The molecule has 1 spiro atoms. The summed E-state index contributed by atoms with van der Waals surface area (Å²) in [4.78, 5) is 47.1. The van der Waals surface area contributed by atoms with Gasteiger partial charge < -0.3 is 19.4 Å². The molecule has 246 valence electrons. The molecule has 3 aromatic carbocycles. The SMILES string of the molecule is CC(C)(C)OC(=O)c1cccc(CN2CN(c3ccccc3)C3(CCN(CCCn4c(=O)n(C5CC5)c5ccccc54)CC3)C2=O)c1. The van der Waals surface area contributed by atoms with Crippen LogP contribution in [0.25, 0.3) is 11.0 Å². The largest absolute Gasteiger partial charge is 0.456 e. The molecule has 1 amide bonds. The highest BCUT2D eigenvalue weighted by Gasteiger charge is 2.53. The Morgan fingerprint density at radius 1 is 0.872 bits per heavy atom. The maximum atomic E-state index is 14.3. The predicted octanol–water partition coefficient (Wildman–Crippen LogP) is 5.82. The van der Waals surface area contributed by atoms with Crippen molar-refractivity contribution in [2.45, 2.75) is 83.1 Å². The number of esters is 1. The number of anilines is 1. The number of carbonyl (C=O) groups excluding carboxylic acids is 2. The summed E-state index contributed by atoms with van der Waals surface area (Å²) in [7, 11) is 0. The molecule has 3 aliphatic rings. The van der Waals surface area contributed by atoms with Crippen LogP contribution >= 0.6 is 0 Å². The van der Waals surface area contributed by atoms with Crippen molar-refractivity contribution in [2.24, 2.45) is 0 Å². The number of carbonyl (C=O) groups is 2. The Bertz CT molecular complexity index is 1830. The molecule has 4 aromatic rings. The Morgan fingerprint density at radius 3 is 2.28 bits per heavy atom. The van der Waals surface area contributed by atoms with Crippen molar-refractivity contribution in [1.82, 2.24) is 18.9 Å². The number of benzene rings is 3. The summed E-state index contributed by atoms with van der Waals surface area (Å²) in [5, 5.41) is 0. The number of likely N-dealkylation sites (tertiary alicyclic amines) is 1. The summed E-state index contributed by atoms with van der Waals surface area (Å²) in [6.45, 7) is 9.69. The second kappa shape index (κ2) is 12.3. The van der Waals surface area contributed by atoms with Gasteiger partial charge in [-0.2, -0.15) is 0 Å². The summed E-state index contributed by atoms with van der Waals surface area (Å²) in [5.41, 5.74) is 3.42. The van der Waals surface area contributed by atoms with E-state index < -0.39 is 11.1 Å². The van der Waals surface area contributed by atoms with Crippen molar-refractivity contribution in [2.75, 3.05) is 31.2 Å². The van der Waals surface area contributed by atoms with E-state index in [9.17, 15) is 14.4 Å². The third-order valence-electron chi connectivity index (χ3n) is 9.84. The molecule has 0 atom stereocenters. The molecule has 1 aliphatic carbocycles. The van der Waals surface area contributed by atoms with Gasteiger partial charge in [-0.05, 0) is 101 Å². The molecular formula is C38H45N5O4. The molecule has 2 saturated heterocycles. The van der Waals surface area contributed by atoms with Crippen LogP contribution in [0.1, 0.15) is 74.8 Å². The number of hydrogen-bond acceptors (Lipinski definition) is 6. The van der Waals surface area contributed by atoms with Gasteiger partial charge >= 0.3 is 11.7 Å². The number of hydrogen-bond donors (Lipinski definition) is 0. The quantitative estimate of drug-likeness (QED) is 0.216. The summed E-state index contributed by atoms with van der Waals surface area (Å²) in [6.07, 6.45) is 4.50. The molecule has 0 N–H and O–H groups in total. The van der Waals surface area contributed by atoms with Gasteiger partial charge in [0, 0.05) is 37.9 Å². The molecule has 7 rings (SSSR count). The molecule has 9 heteroatoms. The number of rotatable bonds is 9. The first-order valence-electron chi connectivity index (χ1n) is 17.0.